The minimum absolute atomic E-state index is 0. The van der Waals surface area contributed by atoms with Crippen LogP contribution in [0.5, 0.6) is 0 Å². The maximum Gasteiger partial charge on any atom is 1.00 e. The molecule has 0 aromatic carbocycles. The van der Waals surface area contributed by atoms with Gasteiger partial charge in [-0.15, -0.1) is 0 Å². The van der Waals surface area contributed by atoms with Gasteiger partial charge in [0.15, 0.2) is 0 Å². The molecule has 4 heteroatoms. The fourth-order valence-electron chi connectivity index (χ4n) is 0.337. The molecule has 0 aliphatic rings. The van der Waals surface area contributed by atoms with Crippen molar-refractivity contribution in [2.75, 3.05) is 0 Å². The van der Waals surface area contributed by atoms with E-state index in [1.807, 2.05) is 0 Å². The summed E-state index contributed by atoms with van der Waals surface area (Å²) < 4.78 is 0. The zero-order chi connectivity index (χ0) is 6.57. The number of carbonyl (C=O) groups is 1. The smallest absolute Gasteiger partial charge is 0.550 e. The molecule has 1 atom stereocenters. The molecule has 0 aromatic heterocycles. The van der Waals surface area contributed by atoms with E-state index in [-0.39, 0.29) is 57.8 Å². The Morgan fingerprint density at radius 1 is 1.78 bits per heavy atom. The van der Waals surface area contributed by atoms with Crippen LogP contribution in [-0.2, 0) is 4.79 Å². The van der Waals surface area contributed by atoms with Gasteiger partial charge in [0.2, 0.25) is 0 Å². The molecule has 1 unspecified atom stereocenters. The third-order valence-electron chi connectivity index (χ3n) is 0.874. The van der Waals surface area contributed by atoms with Gasteiger partial charge in [0.25, 0.3) is 0 Å². The van der Waals surface area contributed by atoms with Crippen LogP contribution in [0.3, 0.4) is 0 Å². The summed E-state index contributed by atoms with van der Waals surface area (Å²) >= 11 is 0. The van der Waals surface area contributed by atoms with Crippen molar-refractivity contribution in [2.45, 2.75) is 25.9 Å². The van der Waals surface area contributed by atoms with E-state index in [9.17, 15) is 9.90 Å². The number of hydrogen-bond acceptors (Lipinski definition) is 3. The Balaban J connectivity index is 0. The van der Waals surface area contributed by atoms with Crippen LogP contribution in [0, 0.1) is 0 Å². The topological polar surface area (TPSA) is 60.4 Å². The first-order valence-corrected chi connectivity index (χ1v) is 2.54. The van der Waals surface area contributed by atoms with E-state index in [2.05, 4.69) is 0 Å². The van der Waals surface area contributed by atoms with Crippen molar-refractivity contribution in [1.29, 1.82) is 0 Å². The monoisotopic (exact) mass is 156 g/mol. The molecule has 0 spiro atoms. The predicted octanol–water partition coefficient (Wildman–Crippen LogP) is -4.10. The van der Waals surface area contributed by atoms with Crippen molar-refractivity contribution in [1.82, 2.24) is 0 Å². The van der Waals surface area contributed by atoms with E-state index in [4.69, 9.17) is 5.11 Å². The Labute approximate surface area is 96.9 Å². The Morgan fingerprint density at radius 2 is 2.22 bits per heavy atom. The number of carbonyl (C=O) groups excluding carboxylic acids is 1. The largest absolute Gasteiger partial charge is 1.00 e. The number of aliphatic carboxylic acids is 1. The molecule has 0 heterocycles. The van der Waals surface area contributed by atoms with Crippen LogP contribution in [0.15, 0.2) is 0 Å². The van der Waals surface area contributed by atoms with E-state index in [1.165, 1.54) is 0 Å². The molecule has 0 radical (unpaired) electrons. The van der Waals surface area contributed by atoms with Gasteiger partial charge >= 0.3 is 51.4 Å². The molecule has 0 amide bonds. The van der Waals surface area contributed by atoms with Gasteiger partial charge in [-0.25, -0.2) is 0 Å². The molecule has 0 rings (SSSR count). The minimum atomic E-state index is -1.20. The number of hydrogen-bond donors (Lipinski definition) is 1. The number of aliphatic hydroxyl groups excluding tert-OH is 1. The van der Waals surface area contributed by atoms with Crippen LogP contribution in [0.25, 0.3) is 0 Å². The average Bonchev–Trinajstić information content (AvgIpc) is 1.65. The SMILES string of the molecule is CCC(O)CC(=O)[O-].[K+]. The molecule has 0 bridgehead atoms. The molecule has 0 aromatic rings. The van der Waals surface area contributed by atoms with Crippen molar-refractivity contribution < 1.29 is 66.4 Å². The molecule has 0 saturated heterocycles. The number of carboxylic acid groups (broad SMARTS) is 1. The molecule has 9 heavy (non-hydrogen) atoms. The van der Waals surface area contributed by atoms with Gasteiger partial charge in [-0.2, -0.15) is 0 Å². The van der Waals surface area contributed by atoms with E-state index in [1.54, 1.807) is 6.92 Å². The zero-order valence-electron chi connectivity index (χ0n) is 5.76. The van der Waals surface area contributed by atoms with E-state index >= 15 is 0 Å². The number of carboxylic acids is 1. The van der Waals surface area contributed by atoms with Gasteiger partial charge in [-0.05, 0) is 6.42 Å². The summed E-state index contributed by atoms with van der Waals surface area (Å²) in [4.78, 5) is 9.70. The third kappa shape index (κ3) is 9.07. The Kier molecular flexibility index (Phi) is 10.1. The first-order valence-electron chi connectivity index (χ1n) is 2.54. The molecule has 3 nitrogen and oxygen atoms in total. The van der Waals surface area contributed by atoms with E-state index < -0.39 is 12.1 Å². The molecule has 1 N–H and O–H groups in total. The van der Waals surface area contributed by atoms with Crippen molar-refractivity contribution in [2.24, 2.45) is 0 Å². The summed E-state index contributed by atoms with van der Waals surface area (Å²) in [6.07, 6.45) is -0.523. The summed E-state index contributed by atoms with van der Waals surface area (Å²) in [5, 5.41) is 18.3. The van der Waals surface area contributed by atoms with Gasteiger partial charge in [0.05, 0.1) is 6.10 Å². The van der Waals surface area contributed by atoms with Crippen molar-refractivity contribution in [3.05, 3.63) is 0 Å². The molecular weight excluding hydrogens is 147 g/mol. The molecule has 0 fully saturated rings. The fourth-order valence-corrected chi connectivity index (χ4v) is 0.337. The Morgan fingerprint density at radius 3 is 2.33 bits per heavy atom. The second kappa shape index (κ2) is 7.18. The van der Waals surface area contributed by atoms with Gasteiger partial charge in [0.1, 0.15) is 0 Å². The molecule has 0 aliphatic heterocycles. The standard InChI is InChI=1S/C5H10O3.K/c1-2-4(6)3-5(7)8;/h4,6H,2-3H2,1H3,(H,7,8);/q;+1/p-1. The van der Waals surface area contributed by atoms with Gasteiger partial charge in [0, 0.05) is 12.4 Å². The summed E-state index contributed by atoms with van der Waals surface area (Å²) in [6, 6.07) is 0. The van der Waals surface area contributed by atoms with Crippen LogP contribution >= 0.6 is 0 Å². The molecule has 0 aliphatic carbocycles. The second-order valence-corrected chi connectivity index (χ2v) is 1.64. The van der Waals surface area contributed by atoms with Gasteiger partial charge in [-0.3, -0.25) is 0 Å². The van der Waals surface area contributed by atoms with Crippen LogP contribution < -0.4 is 56.5 Å². The van der Waals surface area contributed by atoms with Crippen molar-refractivity contribution in [3.8, 4) is 0 Å². The first-order chi connectivity index (χ1) is 3.66. The minimum Gasteiger partial charge on any atom is -0.550 e. The number of rotatable bonds is 3. The fraction of sp³-hybridized carbons (Fsp3) is 0.800. The summed E-state index contributed by atoms with van der Waals surface area (Å²) in [6.45, 7) is 1.72. The van der Waals surface area contributed by atoms with E-state index in [0.29, 0.717) is 6.42 Å². The maximum atomic E-state index is 9.70. The van der Waals surface area contributed by atoms with Crippen LogP contribution in [0.1, 0.15) is 19.8 Å². The van der Waals surface area contributed by atoms with E-state index in [0.717, 1.165) is 0 Å². The van der Waals surface area contributed by atoms with Crippen LogP contribution in [0.2, 0.25) is 0 Å². The average molecular weight is 156 g/mol. The first kappa shape index (κ1) is 12.7. The molecule has 0 saturated carbocycles. The zero-order valence-corrected chi connectivity index (χ0v) is 8.88. The number of aliphatic hydroxyl groups is 1. The predicted molar refractivity (Wildman–Crippen MR) is 25.9 cm³/mol. The quantitative estimate of drug-likeness (QED) is 0.423. The van der Waals surface area contributed by atoms with Crippen molar-refractivity contribution >= 4 is 5.97 Å². The van der Waals surface area contributed by atoms with Gasteiger partial charge < -0.3 is 15.0 Å². The second-order valence-electron chi connectivity index (χ2n) is 1.64. The molecule has 48 valence electrons. The Hall–Kier alpha value is 1.07. The third-order valence-corrected chi connectivity index (χ3v) is 0.874. The van der Waals surface area contributed by atoms with Gasteiger partial charge in [-0.1, -0.05) is 6.92 Å². The van der Waals surface area contributed by atoms with Crippen LogP contribution in [0.4, 0.5) is 0 Å². The maximum absolute atomic E-state index is 9.70. The molecular formula is C5H9KO3. The summed E-state index contributed by atoms with van der Waals surface area (Å²) in [5.41, 5.74) is 0. The van der Waals surface area contributed by atoms with Crippen molar-refractivity contribution in [3.63, 3.8) is 0 Å². The normalized spacial score (nSPS) is 11.8. The summed E-state index contributed by atoms with van der Waals surface area (Å²) in [5.74, 6) is -1.20. The Bertz CT molecular complexity index is 84.3. The van der Waals surface area contributed by atoms with Crippen LogP contribution in [-0.4, -0.2) is 17.2 Å². The summed E-state index contributed by atoms with van der Waals surface area (Å²) in [7, 11) is 0.